The van der Waals surface area contributed by atoms with Gasteiger partial charge in [-0.05, 0) is 29.3 Å². The number of rotatable bonds is 1. The number of aromatic nitrogens is 3. The lowest BCUT2D eigenvalue weighted by atomic mass is 10.3. The van der Waals surface area contributed by atoms with E-state index < -0.39 is 0 Å². The predicted molar refractivity (Wildman–Crippen MR) is 54.8 cm³/mol. The van der Waals surface area contributed by atoms with Crippen LogP contribution < -0.4 is 0 Å². The first-order valence-corrected chi connectivity index (χ1v) is 5.00. The summed E-state index contributed by atoms with van der Waals surface area (Å²) in [4.78, 5) is 8.57. The number of halogens is 1. The van der Waals surface area contributed by atoms with Crippen molar-refractivity contribution >= 4 is 21.7 Å². The molecule has 0 atom stereocenters. The second-order valence-corrected chi connectivity index (χ2v) is 3.86. The van der Waals surface area contributed by atoms with Crippen molar-refractivity contribution in [3.8, 4) is 0 Å². The number of nitrogens with zero attached hydrogens (tertiary/aromatic N) is 3. The van der Waals surface area contributed by atoms with Crippen LogP contribution in [0.3, 0.4) is 0 Å². The highest BCUT2D eigenvalue weighted by molar-refractivity contribution is 9.10. The molecule has 0 saturated heterocycles. The first-order valence-electron chi connectivity index (χ1n) is 4.21. The molecule has 13 heavy (non-hydrogen) atoms. The minimum atomic E-state index is 0.776. The number of hydrogen-bond donors (Lipinski definition) is 0. The Labute approximate surface area is 85.0 Å². The minimum absolute atomic E-state index is 0.776. The summed E-state index contributed by atoms with van der Waals surface area (Å²) in [5.41, 5.74) is 2.29. The number of fused-ring (bicyclic) bond motifs is 1. The first-order chi connectivity index (χ1) is 6.22. The van der Waals surface area contributed by atoms with Crippen LogP contribution in [0.4, 0.5) is 0 Å². The van der Waals surface area contributed by atoms with Gasteiger partial charge in [-0.3, -0.25) is 4.40 Å². The monoisotopic (exact) mass is 239 g/mol. The Morgan fingerprint density at radius 1 is 1.54 bits per heavy atom. The Bertz CT molecular complexity index is 447. The van der Waals surface area contributed by atoms with Crippen molar-refractivity contribution in [1.82, 2.24) is 14.4 Å². The van der Waals surface area contributed by atoms with Crippen molar-refractivity contribution in [3.05, 3.63) is 28.3 Å². The van der Waals surface area contributed by atoms with Crippen molar-refractivity contribution in [1.29, 1.82) is 0 Å². The van der Waals surface area contributed by atoms with E-state index >= 15 is 0 Å². The van der Waals surface area contributed by atoms with Crippen molar-refractivity contribution in [3.63, 3.8) is 0 Å². The smallest absolute Gasteiger partial charge is 0.234 e. The third kappa shape index (κ3) is 1.35. The van der Waals surface area contributed by atoms with E-state index in [1.807, 2.05) is 17.5 Å². The molecule has 68 valence electrons. The van der Waals surface area contributed by atoms with Crippen molar-refractivity contribution in [2.75, 3.05) is 0 Å². The molecule has 0 aliphatic heterocycles. The summed E-state index contributed by atoms with van der Waals surface area (Å²) in [6, 6.07) is 0. The lowest BCUT2D eigenvalue weighted by molar-refractivity contribution is 0.961. The van der Waals surface area contributed by atoms with Gasteiger partial charge in [-0.1, -0.05) is 6.92 Å². The second-order valence-electron chi connectivity index (χ2n) is 2.94. The molecule has 0 bridgehead atoms. The molecule has 0 spiro atoms. The normalized spacial score (nSPS) is 11.0. The third-order valence-corrected chi connectivity index (χ3v) is 2.49. The van der Waals surface area contributed by atoms with E-state index in [2.05, 4.69) is 32.8 Å². The van der Waals surface area contributed by atoms with Crippen molar-refractivity contribution in [2.24, 2.45) is 0 Å². The lowest BCUT2D eigenvalue weighted by Gasteiger charge is -1.98. The number of hydrogen-bond acceptors (Lipinski definition) is 2. The molecule has 0 aliphatic rings. The van der Waals surface area contributed by atoms with Gasteiger partial charge in [0.05, 0.1) is 10.2 Å². The van der Waals surface area contributed by atoms with Crippen LogP contribution in [-0.4, -0.2) is 14.4 Å². The molecule has 0 unspecified atom stereocenters. The zero-order valence-corrected chi connectivity index (χ0v) is 9.17. The van der Waals surface area contributed by atoms with Crippen LogP contribution in [0.1, 0.15) is 18.3 Å². The zero-order chi connectivity index (χ0) is 9.42. The second kappa shape index (κ2) is 3.10. The molecular formula is C9H10BrN3. The van der Waals surface area contributed by atoms with Crippen molar-refractivity contribution in [2.45, 2.75) is 20.3 Å². The molecule has 3 nitrogen and oxygen atoms in total. The Morgan fingerprint density at radius 2 is 2.31 bits per heavy atom. The first kappa shape index (κ1) is 8.69. The van der Waals surface area contributed by atoms with Gasteiger partial charge in [0.2, 0.25) is 5.78 Å². The quantitative estimate of drug-likeness (QED) is 0.765. The van der Waals surface area contributed by atoms with Gasteiger partial charge in [0.1, 0.15) is 0 Å². The topological polar surface area (TPSA) is 30.2 Å². The van der Waals surface area contributed by atoms with E-state index in [4.69, 9.17) is 0 Å². The van der Waals surface area contributed by atoms with Crippen molar-refractivity contribution < 1.29 is 0 Å². The standard InChI is InChI=1S/C9H10BrN3/c1-3-8-6(2)12-9-11-4-7(10)5-13(8)9/h4-5H,3H2,1-2H3. The van der Waals surface area contributed by atoms with Crippen LogP contribution in [0, 0.1) is 6.92 Å². The molecule has 0 radical (unpaired) electrons. The van der Waals surface area contributed by atoms with E-state index in [0.717, 1.165) is 22.4 Å². The summed E-state index contributed by atoms with van der Waals surface area (Å²) < 4.78 is 3.01. The summed E-state index contributed by atoms with van der Waals surface area (Å²) in [7, 11) is 0. The molecule has 0 aliphatic carbocycles. The Morgan fingerprint density at radius 3 is 3.00 bits per heavy atom. The van der Waals surface area contributed by atoms with Gasteiger partial charge in [-0.15, -0.1) is 0 Å². The molecule has 0 amide bonds. The molecule has 0 fully saturated rings. The van der Waals surface area contributed by atoms with Gasteiger partial charge >= 0.3 is 0 Å². The SMILES string of the molecule is CCc1c(C)nc2ncc(Br)cn12. The van der Waals surface area contributed by atoms with Gasteiger partial charge in [0.25, 0.3) is 0 Å². The number of aryl methyl sites for hydroxylation is 2. The highest BCUT2D eigenvalue weighted by Gasteiger charge is 2.06. The third-order valence-electron chi connectivity index (χ3n) is 2.08. The largest absolute Gasteiger partial charge is 0.287 e. The van der Waals surface area contributed by atoms with E-state index in [1.165, 1.54) is 5.69 Å². The zero-order valence-electron chi connectivity index (χ0n) is 7.58. The summed E-state index contributed by atoms with van der Waals surface area (Å²) in [5.74, 6) is 0.776. The average Bonchev–Trinajstić information content (AvgIpc) is 2.40. The Kier molecular flexibility index (Phi) is 2.07. The summed E-state index contributed by atoms with van der Waals surface area (Å²) >= 11 is 3.39. The van der Waals surface area contributed by atoms with Crippen LogP contribution in [0.2, 0.25) is 0 Å². The average molecular weight is 240 g/mol. The van der Waals surface area contributed by atoms with E-state index in [0.29, 0.717) is 0 Å². The molecule has 2 aromatic heterocycles. The molecule has 0 aromatic carbocycles. The Balaban J connectivity index is 2.80. The van der Waals surface area contributed by atoms with Crippen LogP contribution in [0.15, 0.2) is 16.9 Å². The summed E-state index contributed by atoms with van der Waals surface area (Å²) in [6.07, 6.45) is 4.74. The van der Waals surface area contributed by atoms with Crippen LogP contribution in [0.5, 0.6) is 0 Å². The minimum Gasteiger partial charge on any atom is -0.287 e. The maximum absolute atomic E-state index is 4.36. The highest BCUT2D eigenvalue weighted by Crippen LogP contribution is 2.14. The number of imidazole rings is 1. The van der Waals surface area contributed by atoms with Crippen LogP contribution >= 0.6 is 15.9 Å². The summed E-state index contributed by atoms with van der Waals surface area (Å²) in [6.45, 7) is 4.14. The van der Waals surface area contributed by atoms with Gasteiger partial charge in [0, 0.05) is 18.1 Å². The van der Waals surface area contributed by atoms with E-state index in [1.54, 1.807) is 6.20 Å². The molecule has 0 N–H and O–H groups in total. The van der Waals surface area contributed by atoms with Gasteiger partial charge in [-0.25, -0.2) is 9.97 Å². The van der Waals surface area contributed by atoms with Gasteiger partial charge in [0.15, 0.2) is 0 Å². The molecule has 2 heterocycles. The van der Waals surface area contributed by atoms with Crippen LogP contribution in [0.25, 0.3) is 5.78 Å². The Hall–Kier alpha value is -0.900. The van der Waals surface area contributed by atoms with Crippen LogP contribution in [-0.2, 0) is 6.42 Å². The fourth-order valence-corrected chi connectivity index (χ4v) is 1.80. The lowest BCUT2D eigenvalue weighted by Crippen LogP contribution is -1.93. The predicted octanol–water partition coefficient (Wildman–Crippen LogP) is 2.36. The molecule has 2 rings (SSSR count). The molecule has 0 saturated carbocycles. The maximum atomic E-state index is 4.36. The molecular weight excluding hydrogens is 230 g/mol. The maximum Gasteiger partial charge on any atom is 0.234 e. The van der Waals surface area contributed by atoms with E-state index in [-0.39, 0.29) is 0 Å². The molecule has 4 heteroatoms. The fourth-order valence-electron chi connectivity index (χ4n) is 1.49. The highest BCUT2D eigenvalue weighted by atomic mass is 79.9. The summed E-state index contributed by atoms with van der Waals surface area (Å²) in [5, 5.41) is 0. The van der Waals surface area contributed by atoms with Gasteiger partial charge in [-0.2, -0.15) is 0 Å². The fraction of sp³-hybridized carbons (Fsp3) is 0.333. The van der Waals surface area contributed by atoms with Gasteiger partial charge < -0.3 is 0 Å². The molecule has 2 aromatic rings. The van der Waals surface area contributed by atoms with E-state index in [9.17, 15) is 0 Å².